The van der Waals surface area contributed by atoms with E-state index in [0.717, 1.165) is 26.2 Å². The third-order valence-corrected chi connectivity index (χ3v) is 3.26. The van der Waals surface area contributed by atoms with E-state index in [1.54, 1.807) is 6.92 Å². The third kappa shape index (κ3) is 3.58. The van der Waals surface area contributed by atoms with Gasteiger partial charge in [0.1, 0.15) is 5.78 Å². The number of piperazine rings is 1. The number of carbonyl (C=O) groups is 1. The smallest absolute Gasteiger partial charge is 0.143 e. The van der Waals surface area contributed by atoms with E-state index in [9.17, 15) is 4.79 Å². The van der Waals surface area contributed by atoms with Crippen molar-refractivity contribution < 1.29 is 4.79 Å². The molecule has 3 heteroatoms. The highest BCUT2D eigenvalue weighted by atomic mass is 16.1. The maximum absolute atomic E-state index is 11.2. The van der Waals surface area contributed by atoms with Gasteiger partial charge in [0.15, 0.2) is 0 Å². The van der Waals surface area contributed by atoms with E-state index >= 15 is 0 Å². The summed E-state index contributed by atoms with van der Waals surface area (Å²) in [6, 6.07) is 0.544. The van der Waals surface area contributed by atoms with Gasteiger partial charge in [-0.15, -0.1) is 0 Å². The summed E-state index contributed by atoms with van der Waals surface area (Å²) in [6.45, 7) is 13.4. The van der Waals surface area contributed by atoms with Crippen LogP contribution in [0.15, 0.2) is 0 Å². The second kappa shape index (κ2) is 5.61. The van der Waals surface area contributed by atoms with Crippen LogP contribution in [-0.2, 0) is 4.79 Å². The molecule has 1 fully saturated rings. The molecular formula is C12H24N2O. The van der Waals surface area contributed by atoms with Gasteiger partial charge < -0.3 is 4.90 Å². The largest absolute Gasteiger partial charge is 0.301 e. The molecule has 3 nitrogen and oxygen atoms in total. The highest BCUT2D eigenvalue weighted by molar-refractivity contribution is 5.77. The number of rotatable bonds is 4. The molecule has 1 aliphatic rings. The van der Waals surface area contributed by atoms with Gasteiger partial charge in [-0.05, 0) is 19.4 Å². The van der Waals surface area contributed by atoms with E-state index in [1.165, 1.54) is 0 Å². The van der Waals surface area contributed by atoms with Gasteiger partial charge in [-0.2, -0.15) is 0 Å². The summed E-state index contributed by atoms with van der Waals surface area (Å²) in [5.41, 5.74) is 0. The second-order valence-electron chi connectivity index (χ2n) is 4.88. The second-order valence-corrected chi connectivity index (χ2v) is 4.88. The molecule has 0 radical (unpaired) electrons. The van der Waals surface area contributed by atoms with Crippen molar-refractivity contribution in [2.75, 3.05) is 32.7 Å². The first kappa shape index (κ1) is 12.7. The molecule has 0 spiro atoms. The van der Waals surface area contributed by atoms with Crippen LogP contribution < -0.4 is 0 Å². The molecule has 0 aliphatic carbocycles. The van der Waals surface area contributed by atoms with E-state index in [-0.39, 0.29) is 5.78 Å². The lowest BCUT2D eigenvalue weighted by Gasteiger charge is -2.42. The van der Waals surface area contributed by atoms with Crippen molar-refractivity contribution in [1.82, 2.24) is 9.80 Å². The number of hydrogen-bond donors (Lipinski definition) is 0. The molecule has 0 amide bonds. The molecule has 1 atom stereocenters. The number of hydrogen-bond acceptors (Lipinski definition) is 3. The average Bonchev–Trinajstić information content (AvgIpc) is 2.17. The molecule has 0 aromatic rings. The highest BCUT2D eigenvalue weighted by Crippen LogP contribution is 2.16. The van der Waals surface area contributed by atoms with Gasteiger partial charge in [0.25, 0.3) is 0 Å². The van der Waals surface area contributed by atoms with E-state index in [2.05, 4.69) is 30.6 Å². The standard InChI is InChI=1S/C12H24N2O/c1-5-13-6-7-14(8-11(4)15)12(9-13)10(2)3/h10,12H,5-9H2,1-4H3. The first-order valence-corrected chi connectivity index (χ1v) is 6.00. The topological polar surface area (TPSA) is 23.6 Å². The summed E-state index contributed by atoms with van der Waals surface area (Å²) in [6.07, 6.45) is 0. The Hall–Kier alpha value is -0.410. The zero-order valence-corrected chi connectivity index (χ0v) is 10.5. The monoisotopic (exact) mass is 212 g/mol. The van der Waals surface area contributed by atoms with Crippen LogP contribution in [0, 0.1) is 5.92 Å². The summed E-state index contributed by atoms with van der Waals surface area (Å²) < 4.78 is 0. The Balaban J connectivity index is 2.58. The highest BCUT2D eigenvalue weighted by Gasteiger charge is 2.28. The molecule has 0 bridgehead atoms. The number of ketones is 1. The molecule has 1 saturated heterocycles. The quantitative estimate of drug-likeness (QED) is 0.700. The van der Waals surface area contributed by atoms with Crippen molar-refractivity contribution in [2.24, 2.45) is 5.92 Å². The minimum Gasteiger partial charge on any atom is -0.301 e. The van der Waals surface area contributed by atoms with Gasteiger partial charge in [0.05, 0.1) is 6.54 Å². The van der Waals surface area contributed by atoms with Crippen molar-refractivity contribution >= 4 is 5.78 Å². The molecule has 0 N–H and O–H groups in total. The maximum atomic E-state index is 11.2. The summed E-state index contributed by atoms with van der Waals surface area (Å²) >= 11 is 0. The fourth-order valence-corrected chi connectivity index (χ4v) is 2.31. The lowest BCUT2D eigenvalue weighted by atomic mass is 9.99. The molecule has 0 aromatic heterocycles. The average molecular weight is 212 g/mol. The lowest BCUT2D eigenvalue weighted by Crippen LogP contribution is -2.56. The Labute approximate surface area is 93.4 Å². The molecular weight excluding hydrogens is 188 g/mol. The summed E-state index contributed by atoms with van der Waals surface area (Å²) in [5, 5.41) is 0. The van der Waals surface area contributed by atoms with Crippen LogP contribution in [0.3, 0.4) is 0 Å². The van der Waals surface area contributed by atoms with Crippen LogP contribution in [-0.4, -0.2) is 54.3 Å². The summed E-state index contributed by atoms with van der Waals surface area (Å²) in [4.78, 5) is 16.0. The van der Waals surface area contributed by atoms with E-state index in [0.29, 0.717) is 18.5 Å². The number of carbonyl (C=O) groups excluding carboxylic acids is 1. The minimum absolute atomic E-state index is 0.283. The Morgan fingerprint density at radius 1 is 1.40 bits per heavy atom. The van der Waals surface area contributed by atoms with Crippen LogP contribution in [0.2, 0.25) is 0 Å². The Morgan fingerprint density at radius 2 is 2.07 bits per heavy atom. The molecule has 1 heterocycles. The molecule has 15 heavy (non-hydrogen) atoms. The lowest BCUT2D eigenvalue weighted by molar-refractivity contribution is -0.119. The van der Waals surface area contributed by atoms with Gasteiger partial charge >= 0.3 is 0 Å². The van der Waals surface area contributed by atoms with Gasteiger partial charge in [-0.3, -0.25) is 9.69 Å². The van der Waals surface area contributed by atoms with Crippen molar-refractivity contribution in [3.63, 3.8) is 0 Å². The van der Waals surface area contributed by atoms with Gasteiger partial charge in [-0.25, -0.2) is 0 Å². The fraction of sp³-hybridized carbons (Fsp3) is 0.917. The number of likely N-dealkylation sites (N-methyl/N-ethyl adjacent to an activating group) is 1. The van der Waals surface area contributed by atoms with Gasteiger partial charge in [0.2, 0.25) is 0 Å². The summed E-state index contributed by atoms with van der Waals surface area (Å²) in [5.74, 6) is 0.907. The van der Waals surface area contributed by atoms with Crippen LogP contribution in [0.25, 0.3) is 0 Å². The Kier molecular flexibility index (Phi) is 4.74. The van der Waals surface area contributed by atoms with E-state index in [4.69, 9.17) is 0 Å². The van der Waals surface area contributed by atoms with Crippen molar-refractivity contribution in [2.45, 2.75) is 33.7 Å². The first-order chi connectivity index (χ1) is 7.04. The zero-order valence-electron chi connectivity index (χ0n) is 10.5. The molecule has 1 rings (SSSR count). The Bertz CT molecular complexity index is 216. The van der Waals surface area contributed by atoms with Crippen molar-refractivity contribution in [3.05, 3.63) is 0 Å². The summed E-state index contributed by atoms with van der Waals surface area (Å²) in [7, 11) is 0. The van der Waals surface area contributed by atoms with Crippen LogP contribution in [0.1, 0.15) is 27.7 Å². The van der Waals surface area contributed by atoms with E-state index < -0.39 is 0 Å². The molecule has 0 aromatic carbocycles. The van der Waals surface area contributed by atoms with Crippen LogP contribution >= 0.6 is 0 Å². The molecule has 0 saturated carbocycles. The van der Waals surface area contributed by atoms with Crippen molar-refractivity contribution in [1.29, 1.82) is 0 Å². The normalized spacial score (nSPS) is 24.7. The van der Waals surface area contributed by atoms with Crippen molar-refractivity contribution in [3.8, 4) is 0 Å². The predicted octanol–water partition coefficient (Wildman–Crippen LogP) is 1.24. The van der Waals surface area contributed by atoms with Gasteiger partial charge in [-0.1, -0.05) is 20.8 Å². The molecule has 1 unspecified atom stereocenters. The maximum Gasteiger partial charge on any atom is 0.143 e. The van der Waals surface area contributed by atoms with Crippen LogP contribution in [0.5, 0.6) is 0 Å². The molecule has 1 aliphatic heterocycles. The number of nitrogens with zero attached hydrogens (tertiary/aromatic N) is 2. The Morgan fingerprint density at radius 3 is 2.53 bits per heavy atom. The number of Topliss-reactive ketones (excluding diaryl/α,β-unsaturated/α-hetero) is 1. The van der Waals surface area contributed by atoms with Gasteiger partial charge in [0, 0.05) is 25.7 Å². The minimum atomic E-state index is 0.283. The predicted molar refractivity (Wildman–Crippen MR) is 63.0 cm³/mol. The SMILES string of the molecule is CCN1CCN(CC(C)=O)C(C(C)C)C1. The first-order valence-electron chi connectivity index (χ1n) is 6.00. The zero-order chi connectivity index (χ0) is 11.4. The fourth-order valence-electron chi connectivity index (χ4n) is 2.31. The third-order valence-electron chi connectivity index (χ3n) is 3.26. The van der Waals surface area contributed by atoms with Crippen LogP contribution in [0.4, 0.5) is 0 Å². The van der Waals surface area contributed by atoms with E-state index in [1.807, 2.05) is 0 Å². The molecule has 88 valence electrons.